The molecule has 1 aliphatic carbocycles. The summed E-state index contributed by atoms with van der Waals surface area (Å²) >= 11 is 5.93. The van der Waals surface area contributed by atoms with Crippen LogP contribution in [0.3, 0.4) is 0 Å². The van der Waals surface area contributed by atoms with Crippen LogP contribution in [0.15, 0.2) is 18.2 Å². The summed E-state index contributed by atoms with van der Waals surface area (Å²) in [6, 6.07) is 3.20. The van der Waals surface area contributed by atoms with E-state index in [1.165, 1.54) is 23.3 Å². The van der Waals surface area contributed by atoms with Crippen molar-refractivity contribution in [1.29, 1.82) is 0 Å². The zero-order valence-electron chi connectivity index (χ0n) is 12.6. The fourth-order valence-corrected chi connectivity index (χ4v) is 4.76. The Labute approximate surface area is 135 Å². The lowest BCUT2D eigenvalue weighted by Crippen LogP contribution is -2.49. The Kier molecular flexibility index (Phi) is 5.12. The van der Waals surface area contributed by atoms with Crippen molar-refractivity contribution in [2.24, 2.45) is 0 Å². The lowest BCUT2D eigenvalue weighted by atomic mass is 9.93. The summed E-state index contributed by atoms with van der Waals surface area (Å²) in [6.07, 6.45) is 4.12. The standard InChI is InChI=1S/C15H19ClFNO3S/c1-18(13-5-3-4-6-14(13)22(2,20)21)15(19)11-8-7-10(17)9-12(11)16/h7-9,13-14H,3-6H2,1-2H3/t13-,14-/m1/s1. The van der Waals surface area contributed by atoms with Crippen molar-refractivity contribution in [1.82, 2.24) is 4.90 Å². The second kappa shape index (κ2) is 6.54. The molecule has 0 aliphatic heterocycles. The van der Waals surface area contributed by atoms with Crippen LogP contribution in [-0.4, -0.2) is 43.8 Å². The molecule has 2 rings (SSSR count). The second-order valence-electron chi connectivity index (χ2n) is 5.76. The van der Waals surface area contributed by atoms with Crippen LogP contribution in [0.5, 0.6) is 0 Å². The average Bonchev–Trinajstić information content (AvgIpc) is 2.45. The highest BCUT2D eigenvalue weighted by molar-refractivity contribution is 7.91. The molecule has 0 saturated heterocycles. The van der Waals surface area contributed by atoms with Gasteiger partial charge in [0.05, 0.1) is 15.8 Å². The Morgan fingerprint density at radius 3 is 2.55 bits per heavy atom. The van der Waals surface area contributed by atoms with E-state index in [0.29, 0.717) is 12.8 Å². The maximum absolute atomic E-state index is 13.1. The Balaban J connectivity index is 2.28. The molecule has 4 nitrogen and oxygen atoms in total. The van der Waals surface area contributed by atoms with Crippen molar-refractivity contribution < 1.29 is 17.6 Å². The lowest BCUT2D eigenvalue weighted by Gasteiger charge is -2.37. The molecule has 2 atom stereocenters. The molecule has 122 valence electrons. The minimum absolute atomic E-state index is 0.0311. The van der Waals surface area contributed by atoms with Gasteiger partial charge in [-0.15, -0.1) is 0 Å². The van der Waals surface area contributed by atoms with Crippen molar-refractivity contribution in [2.75, 3.05) is 13.3 Å². The maximum atomic E-state index is 13.1. The third-order valence-electron chi connectivity index (χ3n) is 4.20. The van der Waals surface area contributed by atoms with Gasteiger partial charge in [-0.3, -0.25) is 4.79 Å². The van der Waals surface area contributed by atoms with Gasteiger partial charge in [0, 0.05) is 19.3 Å². The molecule has 0 radical (unpaired) electrons. The van der Waals surface area contributed by atoms with Crippen molar-refractivity contribution >= 4 is 27.3 Å². The highest BCUT2D eigenvalue weighted by Crippen LogP contribution is 2.29. The first kappa shape index (κ1) is 17.2. The van der Waals surface area contributed by atoms with Gasteiger partial charge >= 0.3 is 0 Å². The van der Waals surface area contributed by atoms with Crippen LogP contribution < -0.4 is 0 Å². The largest absolute Gasteiger partial charge is 0.337 e. The summed E-state index contributed by atoms with van der Waals surface area (Å²) in [7, 11) is -1.66. The number of rotatable bonds is 3. The predicted octanol–water partition coefficient (Wildman–Crippen LogP) is 2.91. The van der Waals surface area contributed by atoms with E-state index in [4.69, 9.17) is 11.6 Å². The number of hydrogen-bond donors (Lipinski definition) is 0. The summed E-state index contributed by atoms with van der Waals surface area (Å²) < 4.78 is 37.0. The highest BCUT2D eigenvalue weighted by Gasteiger charge is 2.37. The normalized spacial score (nSPS) is 22.4. The average molecular weight is 348 g/mol. The topological polar surface area (TPSA) is 54.5 Å². The number of hydrogen-bond acceptors (Lipinski definition) is 3. The van der Waals surface area contributed by atoms with E-state index in [2.05, 4.69) is 0 Å². The Hall–Kier alpha value is -1.14. The van der Waals surface area contributed by atoms with E-state index < -0.39 is 20.9 Å². The van der Waals surface area contributed by atoms with Gasteiger partial charge in [-0.05, 0) is 31.0 Å². The van der Waals surface area contributed by atoms with Gasteiger partial charge in [-0.25, -0.2) is 12.8 Å². The van der Waals surface area contributed by atoms with Crippen molar-refractivity contribution in [3.8, 4) is 0 Å². The molecule has 0 spiro atoms. The molecule has 22 heavy (non-hydrogen) atoms. The van der Waals surface area contributed by atoms with E-state index >= 15 is 0 Å². The SMILES string of the molecule is CN(C(=O)c1ccc(F)cc1Cl)[C@@H]1CCCC[C@H]1S(C)(=O)=O. The van der Waals surface area contributed by atoms with Gasteiger partial charge in [-0.2, -0.15) is 0 Å². The number of nitrogens with zero attached hydrogens (tertiary/aromatic N) is 1. The molecule has 1 saturated carbocycles. The highest BCUT2D eigenvalue weighted by atomic mass is 35.5. The predicted molar refractivity (Wildman–Crippen MR) is 84.4 cm³/mol. The molecule has 7 heteroatoms. The summed E-state index contributed by atoms with van der Waals surface area (Å²) in [5.41, 5.74) is 0.184. The number of carbonyl (C=O) groups is 1. The minimum atomic E-state index is -3.24. The Bertz CT molecular complexity index is 677. The van der Waals surface area contributed by atoms with Crippen LogP contribution in [-0.2, 0) is 9.84 Å². The number of sulfone groups is 1. The van der Waals surface area contributed by atoms with Gasteiger partial charge < -0.3 is 4.90 Å². The molecule has 1 fully saturated rings. The number of amides is 1. The lowest BCUT2D eigenvalue weighted by molar-refractivity contribution is 0.0700. The first-order valence-electron chi connectivity index (χ1n) is 7.13. The van der Waals surface area contributed by atoms with E-state index in [1.807, 2.05) is 0 Å². The number of halogens is 2. The zero-order chi connectivity index (χ0) is 16.5. The summed E-state index contributed by atoms with van der Waals surface area (Å²) in [5, 5.41) is -0.530. The first-order valence-corrected chi connectivity index (χ1v) is 9.46. The summed E-state index contributed by atoms with van der Waals surface area (Å²) in [6.45, 7) is 0. The molecule has 0 N–H and O–H groups in total. The molecule has 0 aromatic heterocycles. The monoisotopic (exact) mass is 347 g/mol. The van der Waals surface area contributed by atoms with Crippen molar-refractivity contribution in [3.05, 3.63) is 34.6 Å². The second-order valence-corrected chi connectivity index (χ2v) is 8.43. The van der Waals surface area contributed by atoms with Crippen LogP contribution in [0, 0.1) is 5.82 Å². The third kappa shape index (κ3) is 3.60. The van der Waals surface area contributed by atoms with E-state index in [9.17, 15) is 17.6 Å². The van der Waals surface area contributed by atoms with E-state index in [0.717, 1.165) is 18.9 Å². The quantitative estimate of drug-likeness (QED) is 0.844. The molecular weight excluding hydrogens is 329 g/mol. The maximum Gasteiger partial charge on any atom is 0.255 e. The van der Waals surface area contributed by atoms with Crippen LogP contribution in [0.1, 0.15) is 36.0 Å². The molecule has 1 aliphatic rings. The van der Waals surface area contributed by atoms with Crippen molar-refractivity contribution in [2.45, 2.75) is 37.0 Å². The van der Waals surface area contributed by atoms with E-state index in [1.54, 1.807) is 7.05 Å². The van der Waals surface area contributed by atoms with Gasteiger partial charge in [0.1, 0.15) is 5.82 Å². The van der Waals surface area contributed by atoms with Gasteiger partial charge in [0.15, 0.2) is 9.84 Å². The fraction of sp³-hybridized carbons (Fsp3) is 0.533. The zero-order valence-corrected chi connectivity index (χ0v) is 14.1. The third-order valence-corrected chi connectivity index (χ3v) is 6.16. The molecule has 1 amide bonds. The number of carbonyl (C=O) groups excluding carboxylic acids is 1. The summed E-state index contributed by atoms with van der Waals surface area (Å²) in [5.74, 6) is -0.901. The van der Waals surface area contributed by atoms with Gasteiger partial charge in [-0.1, -0.05) is 24.4 Å². The molecular formula is C15H19ClFNO3S. The fourth-order valence-electron chi connectivity index (χ4n) is 3.02. The van der Waals surface area contributed by atoms with Crippen LogP contribution in [0.25, 0.3) is 0 Å². The molecule has 1 aromatic carbocycles. The molecule has 1 aromatic rings. The number of benzene rings is 1. The minimum Gasteiger partial charge on any atom is -0.337 e. The van der Waals surface area contributed by atoms with Crippen molar-refractivity contribution in [3.63, 3.8) is 0 Å². The van der Waals surface area contributed by atoms with Crippen LogP contribution in [0.4, 0.5) is 4.39 Å². The van der Waals surface area contributed by atoms with Crippen LogP contribution >= 0.6 is 11.6 Å². The smallest absolute Gasteiger partial charge is 0.255 e. The molecule has 0 bridgehead atoms. The molecule has 0 heterocycles. The Morgan fingerprint density at radius 2 is 1.95 bits per heavy atom. The first-order chi connectivity index (χ1) is 10.2. The Morgan fingerprint density at radius 1 is 1.32 bits per heavy atom. The van der Waals surface area contributed by atoms with Gasteiger partial charge in [0.2, 0.25) is 0 Å². The van der Waals surface area contributed by atoms with Gasteiger partial charge in [0.25, 0.3) is 5.91 Å². The molecule has 0 unspecified atom stereocenters. The van der Waals surface area contributed by atoms with Crippen LogP contribution in [0.2, 0.25) is 5.02 Å². The van der Waals surface area contributed by atoms with E-state index in [-0.39, 0.29) is 22.5 Å². The summed E-state index contributed by atoms with van der Waals surface area (Å²) in [4.78, 5) is 14.0.